The average molecular weight is 593 g/mol. The molecule has 4 amide bonds. The smallest absolute Gasteiger partial charge is 0.335 e. The number of ether oxygens (including phenoxy) is 3. The fraction of sp³-hybridized carbons (Fsp3) is 0.118. The Kier molecular flexibility index (Phi) is 9.00. The van der Waals surface area contributed by atoms with Crippen molar-refractivity contribution in [2.24, 2.45) is 0 Å². The van der Waals surface area contributed by atoms with E-state index in [0.717, 1.165) is 16.0 Å². The van der Waals surface area contributed by atoms with Gasteiger partial charge in [0, 0.05) is 0 Å². The molecule has 2 N–H and O–H groups in total. The van der Waals surface area contributed by atoms with E-state index in [1.807, 2.05) is 30.3 Å². The van der Waals surface area contributed by atoms with E-state index in [-0.39, 0.29) is 23.4 Å². The van der Waals surface area contributed by atoms with Gasteiger partial charge in [-0.15, -0.1) is 0 Å². The number of carbonyl (C=O) groups is 4. The molecule has 10 heteroatoms. The molecular formula is C34H28N2O8. The monoisotopic (exact) mass is 592 g/mol. The summed E-state index contributed by atoms with van der Waals surface area (Å²) in [5.74, 6) is -1.26. The second-order valence-electron chi connectivity index (χ2n) is 9.66. The van der Waals surface area contributed by atoms with E-state index >= 15 is 0 Å². The van der Waals surface area contributed by atoms with Gasteiger partial charge in [0.25, 0.3) is 11.8 Å². The molecule has 1 aliphatic rings. The van der Waals surface area contributed by atoms with Crippen molar-refractivity contribution in [2.75, 3.05) is 11.5 Å². The van der Waals surface area contributed by atoms with Crippen LogP contribution in [-0.2, 0) is 22.8 Å². The van der Waals surface area contributed by atoms with E-state index in [1.165, 1.54) is 18.2 Å². The second kappa shape index (κ2) is 13.4. The zero-order chi connectivity index (χ0) is 31.1. The Morgan fingerprint density at radius 3 is 2.16 bits per heavy atom. The molecule has 1 heterocycles. The number of nitrogens with zero attached hydrogens (tertiary/aromatic N) is 1. The van der Waals surface area contributed by atoms with Crippen LogP contribution >= 0.6 is 0 Å². The number of hydrogen-bond acceptors (Lipinski definition) is 7. The summed E-state index contributed by atoms with van der Waals surface area (Å²) in [4.78, 5) is 50.8. The van der Waals surface area contributed by atoms with Gasteiger partial charge in [0.2, 0.25) is 0 Å². The SMILES string of the molecule is CCOc1cc(/C=C2\C(=O)NC(=O)N(c3ccc(OCc4ccccc4)cc3)C2=O)ccc1OCc1ccc(C(=O)O)cc1. The van der Waals surface area contributed by atoms with E-state index in [2.05, 4.69) is 5.32 Å². The third kappa shape index (κ3) is 6.93. The largest absolute Gasteiger partial charge is 0.490 e. The number of aromatic carboxylic acids is 1. The first-order valence-corrected chi connectivity index (χ1v) is 13.7. The summed E-state index contributed by atoms with van der Waals surface area (Å²) in [5.41, 5.74) is 2.44. The normalized spacial score (nSPS) is 13.9. The molecule has 0 radical (unpaired) electrons. The maximum atomic E-state index is 13.4. The number of imide groups is 2. The molecule has 0 saturated carbocycles. The van der Waals surface area contributed by atoms with Crippen molar-refractivity contribution in [1.29, 1.82) is 0 Å². The van der Waals surface area contributed by atoms with Crippen LogP contribution < -0.4 is 24.4 Å². The molecule has 0 aliphatic carbocycles. The number of carboxylic acids is 1. The molecule has 4 aromatic rings. The van der Waals surface area contributed by atoms with Gasteiger partial charge >= 0.3 is 12.0 Å². The quantitative estimate of drug-likeness (QED) is 0.170. The van der Waals surface area contributed by atoms with Crippen LogP contribution in [-0.4, -0.2) is 35.5 Å². The first-order chi connectivity index (χ1) is 21.3. The van der Waals surface area contributed by atoms with Crippen LogP contribution in [0.4, 0.5) is 10.5 Å². The first kappa shape index (κ1) is 29.6. The van der Waals surface area contributed by atoms with Crippen molar-refractivity contribution >= 4 is 35.6 Å². The summed E-state index contributed by atoms with van der Waals surface area (Å²) in [6, 6.07) is 26.4. The van der Waals surface area contributed by atoms with Crippen LogP contribution in [0.1, 0.15) is 34.0 Å². The van der Waals surface area contributed by atoms with Gasteiger partial charge in [-0.3, -0.25) is 14.9 Å². The van der Waals surface area contributed by atoms with Crippen LogP contribution in [0.15, 0.2) is 103 Å². The zero-order valence-corrected chi connectivity index (χ0v) is 23.7. The van der Waals surface area contributed by atoms with E-state index in [4.69, 9.17) is 19.3 Å². The predicted octanol–water partition coefficient (Wildman–Crippen LogP) is 5.61. The number of hydrogen-bond donors (Lipinski definition) is 2. The van der Waals surface area contributed by atoms with Gasteiger partial charge in [0.05, 0.1) is 17.9 Å². The van der Waals surface area contributed by atoms with Crippen LogP contribution in [0, 0.1) is 0 Å². The number of carboxylic acid groups (broad SMARTS) is 1. The Morgan fingerprint density at radius 2 is 1.48 bits per heavy atom. The lowest BCUT2D eigenvalue weighted by atomic mass is 10.1. The van der Waals surface area contributed by atoms with Gasteiger partial charge < -0.3 is 19.3 Å². The molecule has 222 valence electrons. The molecule has 0 bridgehead atoms. The molecule has 1 saturated heterocycles. The molecule has 0 unspecified atom stereocenters. The van der Waals surface area contributed by atoms with E-state index in [1.54, 1.807) is 61.5 Å². The number of benzene rings is 4. The van der Waals surface area contributed by atoms with Gasteiger partial charge in [-0.05, 0) is 78.2 Å². The summed E-state index contributed by atoms with van der Waals surface area (Å²) < 4.78 is 17.4. The van der Waals surface area contributed by atoms with Crippen molar-refractivity contribution in [3.8, 4) is 17.2 Å². The zero-order valence-electron chi connectivity index (χ0n) is 23.7. The minimum atomic E-state index is -1.01. The highest BCUT2D eigenvalue weighted by Crippen LogP contribution is 2.31. The van der Waals surface area contributed by atoms with Gasteiger partial charge in [0.1, 0.15) is 24.5 Å². The van der Waals surface area contributed by atoms with Crippen LogP contribution in [0.25, 0.3) is 6.08 Å². The van der Waals surface area contributed by atoms with Crippen molar-refractivity contribution in [2.45, 2.75) is 20.1 Å². The molecular weight excluding hydrogens is 564 g/mol. The van der Waals surface area contributed by atoms with Crippen LogP contribution in [0.5, 0.6) is 17.2 Å². The highest BCUT2D eigenvalue weighted by atomic mass is 16.5. The topological polar surface area (TPSA) is 131 Å². The summed E-state index contributed by atoms with van der Waals surface area (Å²) >= 11 is 0. The van der Waals surface area contributed by atoms with Gasteiger partial charge in [-0.1, -0.05) is 48.5 Å². The van der Waals surface area contributed by atoms with Crippen molar-refractivity contribution < 1.29 is 38.5 Å². The Morgan fingerprint density at radius 1 is 0.795 bits per heavy atom. The lowest BCUT2D eigenvalue weighted by Gasteiger charge is -2.26. The third-order valence-electron chi connectivity index (χ3n) is 6.62. The van der Waals surface area contributed by atoms with Crippen LogP contribution in [0.2, 0.25) is 0 Å². The number of rotatable bonds is 11. The van der Waals surface area contributed by atoms with Crippen molar-refractivity contribution in [1.82, 2.24) is 5.32 Å². The number of barbiturate groups is 1. The Balaban J connectivity index is 1.31. The van der Waals surface area contributed by atoms with Crippen LogP contribution in [0.3, 0.4) is 0 Å². The minimum absolute atomic E-state index is 0.161. The summed E-state index contributed by atoms with van der Waals surface area (Å²) in [6.45, 7) is 2.65. The first-order valence-electron chi connectivity index (χ1n) is 13.7. The number of urea groups is 1. The van der Waals surface area contributed by atoms with E-state index in [9.17, 15) is 19.2 Å². The summed E-state index contributed by atoms with van der Waals surface area (Å²) in [5, 5.41) is 11.3. The number of amides is 4. The third-order valence-corrected chi connectivity index (χ3v) is 6.62. The average Bonchev–Trinajstić information content (AvgIpc) is 3.03. The number of anilines is 1. The molecule has 0 aromatic heterocycles. The molecule has 4 aromatic carbocycles. The van der Waals surface area contributed by atoms with E-state index in [0.29, 0.717) is 36.0 Å². The molecule has 5 rings (SSSR count). The molecule has 1 aliphatic heterocycles. The standard InChI is InChI=1S/C34H28N2O8/c1-2-42-30-19-24(10-17-29(30)44-21-23-8-11-25(12-9-23)33(39)40)18-28-31(37)35-34(41)36(32(28)38)26-13-15-27(16-14-26)43-20-22-6-4-3-5-7-22/h3-19H,2,20-21H2,1H3,(H,39,40)(H,35,37,41)/b28-18+. The van der Waals surface area contributed by atoms with Crippen molar-refractivity contribution in [3.63, 3.8) is 0 Å². The summed E-state index contributed by atoms with van der Waals surface area (Å²) in [7, 11) is 0. The Labute approximate surface area is 253 Å². The molecule has 0 atom stereocenters. The molecule has 1 fully saturated rings. The lowest BCUT2D eigenvalue weighted by Crippen LogP contribution is -2.54. The maximum absolute atomic E-state index is 13.4. The van der Waals surface area contributed by atoms with Crippen molar-refractivity contribution in [3.05, 3.63) is 125 Å². The highest BCUT2D eigenvalue weighted by molar-refractivity contribution is 6.39. The van der Waals surface area contributed by atoms with Gasteiger partial charge in [0.15, 0.2) is 11.5 Å². The molecule has 0 spiro atoms. The van der Waals surface area contributed by atoms with Gasteiger partial charge in [-0.25, -0.2) is 14.5 Å². The fourth-order valence-electron chi connectivity index (χ4n) is 4.40. The van der Waals surface area contributed by atoms with Gasteiger partial charge in [-0.2, -0.15) is 0 Å². The highest BCUT2D eigenvalue weighted by Gasteiger charge is 2.36. The Hall–Kier alpha value is -5.90. The molecule has 44 heavy (non-hydrogen) atoms. The summed E-state index contributed by atoms with van der Waals surface area (Å²) in [6.07, 6.45) is 1.38. The number of carbonyl (C=O) groups excluding carboxylic acids is 3. The number of nitrogens with one attached hydrogen (secondary N) is 1. The molecule has 10 nitrogen and oxygen atoms in total. The maximum Gasteiger partial charge on any atom is 0.335 e. The minimum Gasteiger partial charge on any atom is -0.490 e. The Bertz CT molecular complexity index is 1710. The second-order valence-corrected chi connectivity index (χ2v) is 9.66. The lowest BCUT2D eigenvalue weighted by molar-refractivity contribution is -0.122. The predicted molar refractivity (Wildman–Crippen MR) is 162 cm³/mol. The fourth-order valence-corrected chi connectivity index (χ4v) is 4.40. The van der Waals surface area contributed by atoms with E-state index < -0.39 is 23.8 Å².